The monoisotopic (exact) mass is 807 g/mol. The first-order valence-electron chi connectivity index (χ1n) is 25.4. The van der Waals surface area contributed by atoms with E-state index in [-0.39, 0.29) is 31.1 Å². The van der Waals surface area contributed by atoms with Crippen LogP contribution in [-0.4, -0.2) is 37.2 Å². The van der Waals surface area contributed by atoms with Gasteiger partial charge in [0.15, 0.2) is 6.10 Å². The van der Waals surface area contributed by atoms with E-state index in [2.05, 4.69) is 27.7 Å². The van der Waals surface area contributed by atoms with Gasteiger partial charge in [-0.3, -0.25) is 14.4 Å². The van der Waals surface area contributed by atoms with E-state index in [1.807, 2.05) is 0 Å². The number of carbonyl (C=O) groups excluding carboxylic acids is 3. The minimum atomic E-state index is -0.758. The largest absolute Gasteiger partial charge is 0.462 e. The summed E-state index contributed by atoms with van der Waals surface area (Å²) in [5.74, 6) is 0.00485. The molecule has 0 aromatic carbocycles. The Labute approximate surface area is 355 Å². The van der Waals surface area contributed by atoms with Gasteiger partial charge in [0.2, 0.25) is 0 Å². The smallest absolute Gasteiger partial charge is 0.306 e. The molecule has 0 aromatic rings. The second-order valence-electron chi connectivity index (χ2n) is 17.9. The summed E-state index contributed by atoms with van der Waals surface area (Å²) in [6, 6.07) is 0. The summed E-state index contributed by atoms with van der Waals surface area (Å²) in [7, 11) is 0. The lowest BCUT2D eigenvalue weighted by Crippen LogP contribution is -2.30. The molecule has 0 saturated heterocycles. The van der Waals surface area contributed by atoms with Crippen molar-refractivity contribution >= 4 is 17.9 Å². The Kier molecular flexibility index (Phi) is 44.2. The van der Waals surface area contributed by atoms with E-state index in [1.165, 1.54) is 180 Å². The van der Waals surface area contributed by atoms with Crippen molar-refractivity contribution in [2.45, 2.75) is 291 Å². The minimum Gasteiger partial charge on any atom is -0.462 e. The summed E-state index contributed by atoms with van der Waals surface area (Å²) in [6.07, 6.45) is 46.8. The molecular weight excluding hydrogens is 709 g/mol. The highest BCUT2D eigenvalue weighted by Crippen LogP contribution is 2.17. The molecule has 0 fully saturated rings. The fraction of sp³-hybridized carbons (Fsp3) is 0.941. The predicted octanol–water partition coefficient (Wildman–Crippen LogP) is 16.3. The quantitative estimate of drug-likeness (QED) is 0.0346. The van der Waals surface area contributed by atoms with Crippen LogP contribution < -0.4 is 0 Å². The SMILES string of the molecule is CCCCCCCCCCCCCC(=O)O[C@H](COC(=O)CCCCCCCCC)COC(=O)CCCCCCCCCCCCCCCCCCCCC(C)C. The maximum atomic E-state index is 12.7. The van der Waals surface area contributed by atoms with Crippen molar-refractivity contribution in [2.24, 2.45) is 5.92 Å². The second kappa shape index (κ2) is 45.5. The third kappa shape index (κ3) is 45.3. The first-order chi connectivity index (χ1) is 27.9. The zero-order valence-electron chi connectivity index (χ0n) is 38.8. The van der Waals surface area contributed by atoms with Gasteiger partial charge in [0.1, 0.15) is 13.2 Å². The second-order valence-corrected chi connectivity index (χ2v) is 17.9. The lowest BCUT2D eigenvalue weighted by Gasteiger charge is -2.18. The highest BCUT2D eigenvalue weighted by Gasteiger charge is 2.19. The van der Waals surface area contributed by atoms with Gasteiger partial charge >= 0.3 is 17.9 Å². The molecular formula is C51H98O6. The van der Waals surface area contributed by atoms with Crippen LogP contribution in [0, 0.1) is 5.92 Å². The van der Waals surface area contributed by atoms with Gasteiger partial charge in [-0.25, -0.2) is 0 Å². The summed E-state index contributed by atoms with van der Waals surface area (Å²) in [5.41, 5.74) is 0. The molecule has 338 valence electrons. The van der Waals surface area contributed by atoms with Crippen LogP contribution in [0.2, 0.25) is 0 Å². The maximum absolute atomic E-state index is 12.7. The van der Waals surface area contributed by atoms with E-state index >= 15 is 0 Å². The first-order valence-corrected chi connectivity index (χ1v) is 25.4. The van der Waals surface area contributed by atoms with Gasteiger partial charge in [-0.1, -0.05) is 246 Å². The Morgan fingerprint density at radius 1 is 0.333 bits per heavy atom. The number of ether oxygens (including phenoxy) is 3. The Bertz CT molecular complexity index is 857. The van der Waals surface area contributed by atoms with E-state index in [4.69, 9.17) is 14.2 Å². The molecule has 0 aliphatic rings. The van der Waals surface area contributed by atoms with E-state index in [1.54, 1.807) is 0 Å². The Balaban J connectivity index is 4.11. The molecule has 0 aromatic heterocycles. The zero-order chi connectivity index (χ0) is 41.7. The van der Waals surface area contributed by atoms with Crippen molar-refractivity contribution in [3.05, 3.63) is 0 Å². The highest BCUT2D eigenvalue weighted by molar-refractivity contribution is 5.71. The molecule has 0 unspecified atom stereocenters. The normalized spacial score (nSPS) is 11.9. The molecule has 57 heavy (non-hydrogen) atoms. The van der Waals surface area contributed by atoms with Gasteiger partial charge in [-0.15, -0.1) is 0 Å². The number of unbranched alkanes of at least 4 members (excludes halogenated alkanes) is 33. The van der Waals surface area contributed by atoms with Crippen LogP contribution in [0.5, 0.6) is 0 Å². The molecule has 0 N–H and O–H groups in total. The predicted molar refractivity (Wildman–Crippen MR) is 243 cm³/mol. The third-order valence-corrected chi connectivity index (χ3v) is 11.5. The van der Waals surface area contributed by atoms with Crippen molar-refractivity contribution < 1.29 is 28.6 Å². The van der Waals surface area contributed by atoms with Crippen LogP contribution in [0.3, 0.4) is 0 Å². The summed E-state index contributed by atoms with van der Waals surface area (Å²) in [6.45, 7) is 8.99. The molecule has 0 radical (unpaired) electrons. The van der Waals surface area contributed by atoms with E-state index in [9.17, 15) is 14.4 Å². The van der Waals surface area contributed by atoms with E-state index < -0.39 is 6.10 Å². The fourth-order valence-electron chi connectivity index (χ4n) is 7.69. The molecule has 0 heterocycles. The summed E-state index contributed by atoms with van der Waals surface area (Å²) >= 11 is 0. The van der Waals surface area contributed by atoms with Gasteiger partial charge in [-0.2, -0.15) is 0 Å². The fourth-order valence-corrected chi connectivity index (χ4v) is 7.69. The zero-order valence-corrected chi connectivity index (χ0v) is 38.8. The van der Waals surface area contributed by atoms with Crippen LogP contribution in [-0.2, 0) is 28.6 Å². The van der Waals surface area contributed by atoms with Crippen LogP contribution in [0.25, 0.3) is 0 Å². The summed E-state index contributed by atoms with van der Waals surface area (Å²) < 4.78 is 16.7. The molecule has 6 heteroatoms. The minimum absolute atomic E-state index is 0.0633. The number of hydrogen-bond donors (Lipinski definition) is 0. The molecule has 0 bridgehead atoms. The number of esters is 3. The van der Waals surface area contributed by atoms with Crippen molar-refractivity contribution in [3.63, 3.8) is 0 Å². The number of hydrogen-bond acceptors (Lipinski definition) is 6. The van der Waals surface area contributed by atoms with Gasteiger partial charge < -0.3 is 14.2 Å². The topological polar surface area (TPSA) is 78.9 Å². The molecule has 0 aliphatic carbocycles. The third-order valence-electron chi connectivity index (χ3n) is 11.5. The van der Waals surface area contributed by atoms with E-state index in [0.29, 0.717) is 19.3 Å². The number of carbonyl (C=O) groups is 3. The first kappa shape index (κ1) is 55.4. The van der Waals surface area contributed by atoms with Gasteiger partial charge in [0, 0.05) is 19.3 Å². The summed E-state index contributed by atoms with van der Waals surface area (Å²) in [5, 5.41) is 0. The van der Waals surface area contributed by atoms with Crippen molar-refractivity contribution in [1.29, 1.82) is 0 Å². The Morgan fingerprint density at radius 3 is 0.860 bits per heavy atom. The molecule has 6 nitrogen and oxygen atoms in total. The summed E-state index contributed by atoms with van der Waals surface area (Å²) in [4.78, 5) is 37.7. The van der Waals surface area contributed by atoms with Gasteiger partial charge in [-0.05, 0) is 25.2 Å². The standard InChI is InChI=1S/C51H98O6/c1-5-7-9-11-13-14-23-28-32-36-40-44-51(54)57-48(45-55-49(52)42-38-34-29-12-10-8-6-2)46-56-50(53)43-39-35-31-27-25-22-20-18-16-15-17-19-21-24-26-30-33-37-41-47(3)4/h47-48H,5-46H2,1-4H3/t48-/m1/s1. The molecule has 0 rings (SSSR count). The van der Waals surface area contributed by atoms with Crippen LogP contribution in [0.1, 0.15) is 285 Å². The lowest BCUT2D eigenvalue weighted by atomic mass is 10.0. The number of rotatable bonds is 46. The molecule has 0 aliphatic heterocycles. The molecule has 0 amide bonds. The average Bonchev–Trinajstić information content (AvgIpc) is 3.19. The molecule has 1 atom stereocenters. The Morgan fingerprint density at radius 2 is 0.579 bits per heavy atom. The van der Waals surface area contributed by atoms with Crippen molar-refractivity contribution in [1.82, 2.24) is 0 Å². The van der Waals surface area contributed by atoms with Crippen LogP contribution >= 0.6 is 0 Å². The highest BCUT2D eigenvalue weighted by atomic mass is 16.6. The molecule has 0 spiro atoms. The van der Waals surface area contributed by atoms with Gasteiger partial charge in [0.25, 0.3) is 0 Å². The van der Waals surface area contributed by atoms with Crippen LogP contribution in [0.4, 0.5) is 0 Å². The van der Waals surface area contributed by atoms with E-state index in [0.717, 1.165) is 63.7 Å². The van der Waals surface area contributed by atoms with Crippen LogP contribution in [0.15, 0.2) is 0 Å². The van der Waals surface area contributed by atoms with Gasteiger partial charge in [0.05, 0.1) is 0 Å². The van der Waals surface area contributed by atoms with Crippen molar-refractivity contribution in [2.75, 3.05) is 13.2 Å². The Hall–Kier alpha value is -1.59. The van der Waals surface area contributed by atoms with Crippen molar-refractivity contribution in [3.8, 4) is 0 Å². The average molecular weight is 807 g/mol. The molecule has 0 saturated carbocycles. The maximum Gasteiger partial charge on any atom is 0.306 e. The lowest BCUT2D eigenvalue weighted by molar-refractivity contribution is -0.167.